The van der Waals surface area contributed by atoms with Gasteiger partial charge in [0, 0.05) is 25.4 Å². The summed E-state index contributed by atoms with van der Waals surface area (Å²) < 4.78 is 5.80. The van der Waals surface area contributed by atoms with Crippen LogP contribution in [0, 0.1) is 5.92 Å². The molecule has 1 aliphatic rings. The number of nitrogens with zero attached hydrogens (tertiary/aromatic N) is 1. The Bertz CT molecular complexity index is 370. The van der Waals surface area contributed by atoms with Gasteiger partial charge in [0.05, 0.1) is 5.92 Å². The average Bonchev–Trinajstić information content (AvgIpc) is 2.98. The second-order valence-corrected chi connectivity index (χ2v) is 6.70. The number of rotatable bonds is 11. The molecule has 1 amide bonds. The van der Waals surface area contributed by atoms with Crippen molar-refractivity contribution >= 4 is 11.9 Å². The molecule has 1 heterocycles. The Balaban J connectivity index is 2.57. The van der Waals surface area contributed by atoms with Gasteiger partial charge in [-0.25, -0.2) is 0 Å². The van der Waals surface area contributed by atoms with E-state index >= 15 is 0 Å². The summed E-state index contributed by atoms with van der Waals surface area (Å²) in [6, 6.07) is 0.207. The molecular weight excluding hydrogens is 290 g/mol. The fraction of sp³-hybridized carbons (Fsp3) is 0.895. The molecule has 1 rings (SSSR count). The van der Waals surface area contributed by atoms with Crippen molar-refractivity contribution in [3.8, 4) is 0 Å². The summed E-state index contributed by atoms with van der Waals surface area (Å²) in [5.41, 5.74) is 0. The summed E-state index contributed by atoms with van der Waals surface area (Å²) in [6.45, 7) is 9.23. The van der Waals surface area contributed by atoms with Gasteiger partial charge in [-0.2, -0.15) is 0 Å². The predicted octanol–water partition coefficient (Wildman–Crippen LogP) is 4.32. The number of hydrogen-bond acceptors (Lipinski definition) is 3. The molecule has 1 saturated heterocycles. The van der Waals surface area contributed by atoms with E-state index in [9.17, 15) is 9.59 Å². The SMILES string of the molecule is CCCCC(CC)C(=O)OC(CC)CC(CC)N1CCCC1=O. The number of carbonyl (C=O) groups excluding carboxylic acids is 2. The molecule has 0 spiro atoms. The Morgan fingerprint density at radius 1 is 1.17 bits per heavy atom. The maximum atomic E-state index is 12.4. The third-order valence-corrected chi connectivity index (χ3v) is 5.03. The van der Waals surface area contributed by atoms with E-state index in [1.807, 2.05) is 4.90 Å². The summed E-state index contributed by atoms with van der Waals surface area (Å²) in [5, 5.41) is 0. The van der Waals surface area contributed by atoms with E-state index < -0.39 is 0 Å². The Labute approximate surface area is 141 Å². The minimum atomic E-state index is -0.0727. The molecule has 4 nitrogen and oxygen atoms in total. The van der Waals surface area contributed by atoms with Crippen molar-refractivity contribution < 1.29 is 14.3 Å². The van der Waals surface area contributed by atoms with Crippen LogP contribution in [-0.2, 0) is 14.3 Å². The van der Waals surface area contributed by atoms with Crippen LogP contribution >= 0.6 is 0 Å². The molecule has 0 aromatic rings. The van der Waals surface area contributed by atoms with Crippen molar-refractivity contribution in [1.29, 1.82) is 0 Å². The molecular formula is C19H35NO3. The van der Waals surface area contributed by atoms with Gasteiger partial charge in [-0.05, 0) is 32.1 Å². The first kappa shape index (κ1) is 20.0. The lowest BCUT2D eigenvalue weighted by atomic mass is 9.99. The second-order valence-electron chi connectivity index (χ2n) is 6.70. The first-order chi connectivity index (χ1) is 11.1. The van der Waals surface area contributed by atoms with Gasteiger partial charge in [0.2, 0.25) is 5.91 Å². The Hall–Kier alpha value is -1.06. The van der Waals surface area contributed by atoms with E-state index in [0.717, 1.165) is 57.9 Å². The minimum Gasteiger partial charge on any atom is -0.462 e. The second kappa shape index (κ2) is 10.7. The minimum absolute atomic E-state index is 0.0255. The summed E-state index contributed by atoms with van der Waals surface area (Å²) in [7, 11) is 0. The van der Waals surface area contributed by atoms with Crippen LogP contribution in [0.2, 0.25) is 0 Å². The Morgan fingerprint density at radius 3 is 2.39 bits per heavy atom. The highest BCUT2D eigenvalue weighted by molar-refractivity contribution is 5.78. The molecule has 0 saturated carbocycles. The molecule has 0 N–H and O–H groups in total. The zero-order valence-electron chi connectivity index (χ0n) is 15.5. The van der Waals surface area contributed by atoms with E-state index in [1.54, 1.807) is 0 Å². The molecule has 3 unspecified atom stereocenters. The van der Waals surface area contributed by atoms with Gasteiger partial charge in [0.25, 0.3) is 0 Å². The third kappa shape index (κ3) is 6.15. The van der Waals surface area contributed by atoms with Gasteiger partial charge in [0.15, 0.2) is 0 Å². The van der Waals surface area contributed by atoms with Gasteiger partial charge in [-0.3, -0.25) is 9.59 Å². The van der Waals surface area contributed by atoms with Crippen LogP contribution in [0.3, 0.4) is 0 Å². The van der Waals surface area contributed by atoms with Gasteiger partial charge in [-0.1, -0.05) is 40.5 Å². The van der Waals surface area contributed by atoms with E-state index in [1.165, 1.54) is 0 Å². The predicted molar refractivity (Wildman–Crippen MR) is 93.1 cm³/mol. The van der Waals surface area contributed by atoms with Crippen molar-refractivity contribution in [1.82, 2.24) is 4.90 Å². The number of amides is 1. The molecule has 0 bridgehead atoms. The van der Waals surface area contributed by atoms with E-state index in [2.05, 4.69) is 27.7 Å². The molecule has 23 heavy (non-hydrogen) atoms. The molecule has 3 atom stereocenters. The number of likely N-dealkylation sites (tertiary alicyclic amines) is 1. The van der Waals surface area contributed by atoms with Crippen molar-refractivity contribution in [2.75, 3.05) is 6.54 Å². The van der Waals surface area contributed by atoms with Gasteiger partial charge >= 0.3 is 5.97 Å². The highest BCUT2D eigenvalue weighted by Crippen LogP contribution is 2.23. The highest BCUT2D eigenvalue weighted by atomic mass is 16.5. The fourth-order valence-corrected chi connectivity index (χ4v) is 3.37. The van der Waals surface area contributed by atoms with Gasteiger partial charge in [-0.15, -0.1) is 0 Å². The first-order valence-corrected chi connectivity index (χ1v) is 9.57. The van der Waals surface area contributed by atoms with Crippen molar-refractivity contribution in [2.45, 2.75) is 97.6 Å². The van der Waals surface area contributed by atoms with Crippen LogP contribution in [-0.4, -0.2) is 35.5 Å². The third-order valence-electron chi connectivity index (χ3n) is 5.03. The van der Waals surface area contributed by atoms with Crippen LogP contribution in [0.4, 0.5) is 0 Å². The first-order valence-electron chi connectivity index (χ1n) is 9.57. The average molecular weight is 325 g/mol. The summed E-state index contributed by atoms with van der Waals surface area (Å²) in [4.78, 5) is 26.4. The van der Waals surface area contributed by atoms with E-state index in [-0.39, 0.29) is 29.9 Å². The lowest BCUT2D eigenvalue weighted by molar-refractivity contribution is -0.155. The molecule has 0 aliphatic carbocycles. The highest BCUT2D eigenvalue weighted by Gasteiger charge is 2.30. The topological polar surface area (TPSA) is 46.6 Å². The fourth-order valence-electron chi connectivity index (χ4n) is 3.37. The van der Waals surface area contributed by atoms with Crippen LogP contribution in [0.15, 0.2) is 0 Å². The molecule has 1 fully saturated rings. The lowest BCUT2D eigenvalue weighted by Crippen LogP contribution is -2.39. The van der Waals surface area contributed by atoms with Gasteiger partial charge < -0.3 is 9.64 Å². The quantitative estimate of drug-likeness (QED) is 0.532. The van der Waals surface area contributed by atoms with Crippen LogP contribution in [0.1, 0.15) is 85.5 Å². The number of ether oxygens (including phenoxy) is 1. The normalized spacial score (nSPS) is 18.8. The zero-order valence-corrected chi connectivity index (χ0v) is 15.5. The Kier molecular flexibility index (Phi) is 9.27. The number of carbonyl (C=O) groups is 2. The van der Waals surface area contributed by atoms with Crippen LogP contribution in [0.25, 0.3) is 0 Å². The smallest absolute Gasteiger partial charge is 0.309 e. The molecule has 1 aliphatic heterocycles. The largest absolute Gasteiger partial charge is 0.462 e. The Morgan fingerprint density at radius 2 is 1.91 bits per heavy atom. The van der Waals surface area contributed by atoms with Crippen LogP contribution in [0.5, 0.6) is 0 Å². The maximum Gasteiger partial charge on any atom is 0.309 e. The molecule has 4 heteroatoms. The summed E-state index contributed by atoms with van der Waals surface area (Å²) >= 11 is 0. The van der Waals surface area contributed by atoms with Crippen molar-refractivity contribution in [3.05, 3.63) is 0 Å². The molecule has 0 aromatic carbocycles. The molecule has 134 valence electrons. The molecule has 0 radical (unpaired) electrons. The monoisotopic (exact) mass is 325 g/mol. The lowest BCUT2D eigenvalue weighted by Gasteiger charge is -2.30. The van der Waals surface area contributed by atoms with E-state index in [4.69, 9.17) is 4.74 Å². The van der Waals surface area contributed by atoms with Gasteiger partial charge in [0.1, 0.15) is 6.10 Å². The number of hydrogen-bond donors (Lipinski definition) is 0. The zero-order chi connectivity index (χ0) is 17.2. The standard InChI is InChI=1S/C19H35NO3/c1-5-9-11-15(6-2)19(22)23-17(8-4)14-16(7-3)20-13-10-12-18(20)21/h15-17H,5-14H2,1-4H3. The van der Waals surface area contributed by atoms with Crippen LogP contribution < -0.4 is 0 Å². The number of unbranched alkanes of at least 4 members (excludes halogenated alkanes) is 1. The van der Waals surface area contributed by atoms with E-state index in [0.29, 0.717) is 6.42 Å². The number of esters is 1. The van der Waals surface area contributed by atoms with Crippen molar-refractivity contribution in [3.63, 3.8) is 0 Å². The summed E-state index contributed by atoms with van der Waals surface area (Å²) in [6.07, 6.45) is 8.01. The van der Waals surface area contributed by atoms with Crippen molar-refractivity contribution in [2.24, 2.45) is 5.92 Å². The maximum absolute atomic E-state index is 12.4. The molecule has 0 aromatic heterocycles. The summed E-state index contributed by atoms with van der Waals surface area (Å²) in [5.74, 6) is 0.236.